The van der Waals surface area contributed by atoms with E-state index < -0.39 is 5.41 Å². The van der Waals surface area contributed by atoms with Crippen LogP contribution in [0.2, 0.25) is 0 Å². The molecule has 1 aliphatic heterocycles. The Kier molecular flexibility index (Phi) is 4.81. The van der Waals surface area contributed by atoms with Gasteiger partial charge in [-0.15, -0.1) is 0 Å². The van der Waals surface area contributed by atoms with E-state index in [0.717, 1.165) is 44.6 Å². The summed E-state index contributed by atoms with van der Waals surface area (Å²) in [7, 11) is 0. The van der Waals surface area contributed by atoms with E-state index in [4.69, 9.17) is 0 Å². The zero-order chi connectivity index (χ0) is 14.6. The third kappa shape index (κ3) is 3.21. The van der Waals surface area contributed by atoms with Crippen LogP contribution in [-0.2, 0) is 16.6 Å². The Hall–Kier alpha value is -1.35. The number of hydrogen-bond donors (Lipinski definition) is 1. The summed E-state index contributed by atoms with van der Waals surface area (Å²) in [5.41, 5.74) is 2.02. The van der Waals surface area contributed by atoms with Crippen LogP contribution in [0.4, 0.5) is 0 Å². The molecule has 3 heteroatoms. The second-order valence-electron chi connectivity index (χ2n) is 6.11. The fourth-order valence-corrected chi connectivity index (χ4v) is 2.76. The molecule has 1 aliphatic rings. The van der Waals surface area contributed by atoms with Crippen LogP contribution in [0.5, 0.6) is 0 Å². The normalized spacial score (nSPS) is 16.2. The average Bonchev–Trinajstić information content (AvgIpc) is 2.48. The maximum Gasteiger partial charge on any atom is 0.232 e. The van der Waals surface area contributed by atoms with E-state index >= 15 is 0 Å². The molecule has 1 fully saturated rings. The minimum Gasteiger partial charge on any atom is -0.339 e. The Bertz CT molecular complexity index is 445. The predicted molar refractivity (Wildman–Crippen MR) is 82.9 cm³/mol. The summed E-state index contributed by atoms with van der Waals surface area (Å²) in [6.07, 6.45) is 2.26. The summed E-state index contributed by atoms with van der Waals surface area (Å²) < 4.78 is 0. The molecule has 1 N–H and O–H groups in total. The first-order valence-corrected chi connectivity index (χ1v) is 7.65. The van der Waals surface area contributed by atoms with Gasteiger partial charge in [0.15, 0.2) is 0 Å². The van der Waals surface area contributed by atoms with Gasteiger partial charge in [0.05, 0.1) is 5.41 Å². The van der Waals surface area contributed by atoms with E-state index in [1.165, 1.54) is 5.56 Å². The Morgan fingerprint density at radius 3 is 2.35 bits per heavy atom. The molecule has 110 valence electrons. The van der Waals surface area contributed by atoms with E-state index in [9.17, 15) is 4.79 Å². The Balaban J connectivity index is 2.13. The van der Waals surface area contributed by atoms with E-state index in [0.29, 0.717) is 0 Å². The number of carbonyl (C=O) groups excluding carboxylic acids is 1. The molecule has 0 aromatic heterocycles. The Morgan fingerprint density at radius 1 is 1.20 bits per heavy atom. The minimum atomic E-state index is -0.442. The van der Waals surface area contributed by atoms with Crippen LogP contribution in [0.3, 0.4) is 0 Å². The lowest BCUT2D eigenvalue weighted by Gasteiger charge is -2.35. The number of benzene rings is 1. The van der Waals surface area contributed by atoms with Gasteiger partial charge in [-0.1, -0.05) is 37.6 Å². The van der Waals surface area contributed by atoms with Gasteiger partial charge in [-0.05, 0) is 31.4 Å². The lowest BCUT2D eigenvalue weighted by molar-refractivity contribution is -0.136. The van der Waals surface area contributed by atoms with Gasteiger partial charge in [-0.25, -0.2) is 0 Å². The number of amides is 1. The summed E-state index contributed by atoms with van der Waals surface area (Å²) in [5.74, 6) is 0.238. The number of piperazine rings is 1. The molecule has 1 saturated heterocycles. The standard InChI is InChI=1S/C17H26N2O/c1-4-5-14-6-8-15(9-7-14)17(2,3)16(20)19-12-10-18-11-13-19/h6-9,18H,4-5,10-13H2,1-3H3. The third-order valence-corrected chi connectivity index (χ3v) is 4.15. The van der Waals surface area contributed by atoms with Gasteiger partial charge in [-0.3, -0.25) is 4.79 Å². The van der Waals surface area contributed by atoms with Gasteiger partial charge >= 0.3 is 0 Å². The average molecular weight is 274 g/mol. The van der Waals surface area contributed by atoms with Crippen molar-refractivity contribution >= 4 is 5.91 Å². The molecule has 0 spiro atoms. The van der Waals surface area contributed by atoms with E-state index in [2.05, 4.69) is 36.5 Å². The molecule has 0 unspecified atom stereocenters. The van der Waals surface area contributed by atoms with Gasteiger partial charge in [0.1, 0.15) is 0 Å². The smallest absolute Gasteiger partial charge is 0.232 e. The first-order valence-electron chi connectivity index (χ1n) is 7.65. The molecule has 0 bridgehead atoms. The predicted octanol–water partition coefficient (Wildman–Crippen LogP) is 2.35. The lowest BCUT2D eigenvalue weighted by Crippen LogP contribution is -2.51. The third-order valence-electron chi connectivity index (χ3n) is 4.15. The monoisotopic (exact) mass is 274 g/mol. The molecule has 1 aromatic carbocycles. The van der Waals surface area contributed by atoms with Crippen LogP contribution in [0, 0.1) is 0 Å². The molecule has 20 heavy (non-hydrogen) atoms. The van der Waals surface area contributed by atoms with E-state index in [1.807, 2.05) is 18.7 Å². The molecule has 0 saturated carbocycles. The zero-order valence-corrected chi connectivity index (χ0v) is 12.9. The van der Waals surface area contributed by atoms with Crippen LogP contribution < -0.4 is 5.32 Å². The molecule has 2 rings (SSSR count). The van der Waals surface area contributed by atoms with Gasteiger partial charge in [0, 0.05) is 26.2 Å². The molecule has 0 radical (unpaired) electrons. The Labute approximate surface area is 122 Å². The second kappa shape index (κ2) is 6.40. The topological polar surface area (TPSA) is 32.3 Å². The number of rotatable bonds is 4. The van der Waals surface area contributed by atoms with Crippen LogP contribution in [-0.4, -0.2) is 37.0 Å². The van der Waals surface area contributed by atoms with Crippen molar-refractivity contribution in [2.45, 2.75) is 39.0 Å². The van der Waals surface area contributed by atoms with Crippen LogP contribution in [0.25, 0.3) is 0 Å². The maximum absolute atomic E-state index is 12.7. The number of hydrogen-bond acceptors (Lipinski definition) is 2. The SMILES string of the molecule is CCCc1ccc(C(C)(C)C(=O)N2CCNCC2)cc1. The van der Waals surface area contributed by atoms with Crippen molar-refractivity contribution < 1.29 is 4.79 Å². The van der Waals surface area contributed by atoms with Gasteiger partial charge < -0.3 is 10.2 Å². The maximum atomic E-state index is 12.7. The quantitative estimate of drug-likeness (QED) is 0.914. The van der Waals surface area contributed by atoms with Crippen molar-refractivity contribution in [3.63, 3.8) is 0 Å². The number of nitrogens with zero attached hydrogens (tertiary/aromatic N) is 1. The highest BCUT2D eigenvalue weighted by Gasteiger charge is 2.34. The van der Waals surface area contributed by atoms with Crippen molar-refractivity contribution in [2.24, 2.45) is 0 Å². The highest BCUT2D eigenvalue weighted by Crippen LogP contribution is 2.26. The van der Waals surface area contributed by atoms with Crippen molar-refractivity contribution in [3.05, 3.63) is 35.4 Å². The second-order valence-corrected chi connectivity index (χ2v) is 6.11. The molecule has 0 aliphatic carbocycles. The molecule has 1 aromatic rings. The summed E-state index contributed by atoms with van der Waals surface area (Å²) >= 11 is 0. The fraction of sp³-hybridized carbons (Fsp3) is 0.588. The summed E-state index contributed by atoms with van der Waals surface area (Å²) in [6.45, 7) is 9.69. The summed E-state index contributed by atoms with van der Waals surface area (Å²) in [5, 5.41) is 3.29. The largest absolute Gasteiger partial charge is 0.339 e. The first kappa shape index (κ1) is 15.0. The zero-order valence-electron chi connectivity index (χ0n) is 12.9. The lowest BCUT2D eigenvalue weighted by atomic mass is 9.82. The van der Waals surface area contributed by atoms with E-state index in [-0.39, 0.29) is 5.91 Å². The highest BCUT2D eigenvalue weighted by molar-refractivity contribution is 5.87. The van der Waals surface area contributed by atoms with Crippen molar-refractivity contribution in [1.82, 2.24) is 10.2 Å². The van der Waals surface area contributed by atoms with Crippen molar-refractivity contribution in [1.29, 1.82) is 0 Å². The summed E-state index contributed by atoms with van der Waals surface area (Å²) in [6, 6.07) is 8.55. The molecule has 1 amide bonds. The van der Waals surface area contributed by atoms with Crippen molar-refractivity contribution in [3.8, 4) is 0 Å². The van der Waals surface area contributed by atoms with Crippen LogP contribution >= 0.6 is 0 Å². The fourth-order valence-electron chi connectivity index (χ4n) is 2.76. The summed E-state index contributed by atoms with van der Waals surface area (Å²) in [4.78, 5) is 14.7. The molecular weight excluding hydrogens is 248 g/mol. The molecule has 0 atom stereocenters. The molecule has 1 heterocycles. The number of nitrogens with one attached hydrogen (secondary N) is 1. The van der Waals surface area contributed by atoms with Crippen LogP contribution in [0.15, 0.2) is 24.3 Å². The highest BCUT2D eigenvalue weighted by atomic mass is 16.2. The van der Waals surface area contributed by atoms with Gasteiger partial charge in [0.25, 0.3) is 0 Å². The van der Waals surface area contributed by atoms with Crippen LogP contribution in [0.1, 0.15) is 38.3 Å². The molecule has 3 nitrogen and oxygen atoms in total. The number of aryl methyl sites for hydroxylation is 1. The number of carbonyl (C=O) groups is 1. The van der Waals surface area contributed by atoms with E-state index in [1.54, 1.807) is 0 Å². The Morgan fingerprint density at radius 2 is 1.80 bits per heavy atom. The van der Waals surface area contributed by atoms with Gasteiger partial charge in [0.2, 0.25) is 5.91 Å². The molecular formula is C17H26N2O. The van der Waals surface area contributed by atoms with Crippen molar-refractivity contribution in [2.75, 3.05) is 26.2 Å². The van der Waals surface area contributed by atoms with Gasteiger partial charge in [-0.2, -0.15) is 0 Å². The minimum absolute atomic E-state index is 0.238. The first-order chi connectivity index (χ1) is 9.55.